The number of fused-ring (bicyclic) bond motifs is 2. The molecule has 6 rings (SSSR count). The van der Waals surface area contributed by atoms with Crippen LogP contribution in [0.4, 0.5) is 5.95 Å². The number of nitrogens with one attached hydrogen (secondary N) is 1. The Balaban J connectivity index is 1.39. The van der Waals surface area contributed by atoms with E-state index in [0.29, 0.717) is 87.8 Å². The summed E-state index contributed by atoms with van der Waals surface area (Å²) in [5.41, 5.74) is 8.32. The highest BCUT2D eigenvalue weighted by atomic mass is 32.1. The highest BCUT2D eigenvalue weighted by Gasteiger charge is 2.23. The number of allylic oxidation sites excluding steroid dienone is 2. The van der Waals surface area contributed by atoms with E-state index in [1.165, 1.54) is 6.20 Å². The molecule has 3 N–H and O–H groups in total. The number of unbranched alkanes of at least 4 members (excludes halogenated alkanes) is 1. The average Bonchev–Trinajstić information content (AvgIpc) is 3.93. The molecule has 0 aliphatic rings. The van der Waals surface area contributed by atoms with Gasteiger partial charge in [0.05, 0.1) is 33.8 Å². The third kappa shape index (κ3) is 8.18. The van der Waals surface area contributed by atoms with Crippen molar-refractivity contribution in [1.29, 1.82) is 0 Å². The van der Waals surface area contributed by atoms with Crippen molar-refractivity contribution in [3.05, 3.63) is 87.2 Å². The number of nitrogens with two attached hydrogens (primary N) is 1. The van der Waals surface area contributed by atoms with Gasteiger partial charge >= 0.3 is 5.91 Å². The van der Waals surface area contributed by atoms with Gasteiger partial charge in [-0.1, -0.05) is 37.3 Å². The molecule has 0 saturated carbocycles. The highest BCUT2D eigenvalue weighted by Crippen LogP contribution is 2.31. The normalized spacial score (nSPS) is 11.9. The molecule has 1 aromatic carbocycles. The minimum absolute atomic E-state index is 0.0420. The Kier molecular flexibility index (Phi) is 11.5. The number of amides is 3. The number of carbonyl (C=O) groups excluding carboxylic acids is 5. The monoisotopic (exact) mass is 767 g/mol. The number of benzene rings is 1. The van der Waals surface area contributed by atoms with Crippen LogP contribution in [0.5, 0.6) is 5.75 Å². The zero-order valence-corrected chi connectivity index (χ0v) is 31.3. The number of aromatic nitrogens is 6. The molecular formula is C37H37N9O8S. The number of primary amides is 1. The van der Waals surface area contributed by atoms with Crippen LogP contribution in [0.2, 0.25) is 0 Å². The SMILES string of the molecule is CCc1nc(C)oc1C(=O)N=c1sc2cc(C(N)=O)cnc2n1C/C=C/Cn1c(NC(=O)c2oc(C)nc2CC)nc2cc(C=O)cc(OCCCC=O)c21. The van der Waals surface area contributed by atoms with Crippen molar-refractivity contribution in [3.8, 4) is 5.75 Å². The average molecular weight is 768 g/mol. The minimum atomic E-state index is -0.652. The fourth-order valence-corrected chi connectivity index (χ4v) is 6.85. The van der Waals surface area contributed by atoms with E-state index in [4.69, 9.17) is 19.3 Å². The summed E-state index contributed by atoms with van der Waals surface area (Å²) < 4.78 is 21.2. The van der Waals surface area contributed by atoms with Crippen molar-refractivity contribution in [1.82, 2.24) is 29.1 Å². The number of hydrogen-bond acceptors (Lipinski definition) is 13. The van der Waals surface area contributed by atoms with Crippen molar-refractivity contribution < 1.29 is 37.5 Å². The van der Waals surface area contributed by atoms with Crippen LogP contribution in [-0.4, -0.2) is 66.0 Å². The van der Waals surface area contributed by atoms with Gasteiger partial charge in [-0.25, -0.2) is 19.9 Å². The summed E-state index contributed by atoms with van der Waals surface area (Å²) >= 11 is 1.15. The van der Waals surface area contributed by atoms with E-state index < -0.39 is 17.7 Å². The molecule has 0 atom stereocenters. The number of aryl methyl sites for hydroxylation is 4. The Morgan fingerprint density at radius 1 is 0.964 bits per heavy atom. The van der Waals surface area contributed by atoms with E-state index in [1.54, 1.807) is 41.2 Å². The topological polar surface area (TPSA) is 233 Å². The number of nitrogens with zero attached hydrogens (tertiary/aromatic N) is 7. The van der Waals surface area contributed by atoms with Gasteiger partial charge in [-0.15, -0.1) is 0 Å². The van der Waals surface area contributed by atoms with Crippen LogP contribution in [-0.2, 0) is 30.7 Å². The fraction of sp³-hybridized carbons (Fsp3) is 0.297. The van der Waals surface area contributed by atoms with Crippen LogP contribution in [0.15, 0.2) is 50.4 Å². The molecule has 6 aromatic rings. The van der Waals surface area contributed by atoms with Crippen LogP contribution in [0, 0.1) is 13.8 Å². The number of anilines is 1. The van der Waals surface area contributed by atoms with E-state index in [-0.39, 0.29) is 47.5 Å². The molecule has 0 radical (unpaired) electrons. The molecule has 0 spiro atoms. The lowest BCUT2D eigenvalue weighted by Gasteiger charge is -2.12. The first-order valence-electron chi connectivity index (χ1n) is 17.4. The smallest absolute Gasteiger partial charge is 0.317 e. The van der Waals surface area contributed by atoms with Crippen molar-refractivity contribution in [2.24, 2.45) is 10.7 Å². The molecule has 0 aliphatic heterocycles. The maximum Gasteiger partial charge on any atom is 0.317 e. The van der Waals surface area contributed by atoms with E-state index in [1.807, 2.05) is 26.0 Å². The van der Waals surface area contributed by atoms with Crippen LogP contribution >= 0.6 is 11.3 Å². The summed E-state index contributed by atoms with van der Waals surface area (Å²) in [6.45, 7) is 7.54. The number of carbonyl (C=O) groups is 5. The van der Waals surface area contributed by atoms with Gasteiger partial charge < -0.3 is 28.7 Å². The largest absolute Gasteiger partial charge is 0.491 e. The first-order chi connectivity index (χ1) is 26.5. The van der Waals surface area contributed by atoms with Crippen LogP contribution in [0.25, 0.3) is 21.4 Å². The van der Waals surface area contributed by atoms with Gasteiger partial charge in [0.1, 0.15) is 23.8 Å². The van der Waals surface area contributed by atoms with E-state index in [0.717, 1.165) is 17.6 Å². The van der Waals surface area contributed by atoms with E-state index in [2.05, 4.69) is 30.2 Å². The van der Waals surface area contributed by atoms with Crippen molar-refractivity contribution in [2.75, 3.05) is 11.9 Å². The zero-order valence-electron chi connectivity index (χ0n) is 30.5. The Morgan fingerprint density at radius 3 is 2.33 bits per heavy atom. The summed E-state index contributed by atoms with van der Waals surface area (Å²) in [5.74, 6) is -0.577. The van der Waals surface area contributed by atoms with Crippen LogP contribution in [0.3, 0.4) is 0 Å². The molecule has 17 nitrogen and oxygen atoms in total. The molecule has 5 aromatic heterocycles. The standard InChI is InChI=1S/C37H37N9O8S/c1-5-24-30(53-20(3)40-24)34(50)43-36-42-26-15-22(19-48)16-27(52-14-10-9-13-47)29(26)45(36)11-7-8-12-46-33-28(17-23(18-39-33)32(38)49)55-37(46)44-35(51)31-25(6-2)41-21(4)54-31/h7-8,13,15-19H,5-6,9-12,14H2,1-4H3,(H2,38,49)(H,42,43,50)/b8-7+,44-37?. The second-order valence-corrected chi connectivity index (χ2v) is 13.2. The summed E-state index contributed by atoms with van der Waals surface area (Å²) in [4.78, 5) is 84.0. The molecule has 0 unspecified atom stereocenters. The number of aldehydes is 2. The number of rotatable bonds is 16. The molecule has 0 aliphatic carbocycles. The lowest BCUT2D eigenvalue weighted by Crippen LogP contribution is -2.18. The zero-order chi connectivity index (χ0) is 39.2. The van der Waals surface area contributed by atoms with Crippen molar-refractivity contribution in [2.45, 2.75) is 66.5 Å². The number of imidazole rings is 1. The molecule has 0 saturated heterocycles. The summed E-state index contributed by atoms with van der Waals surface area (Å²) in [6, 6.07) is 4.74. The Hall–Kier alpha value is -6.56. The van der Waals surface area contributed by atoms with E-state index in [9.17, 15) is 24.0 Å². The van der Waals surface area contributed by atoms with Gasteiger partial charge in [0, 0.05) is 45.1 Å². The molecule has 18 heteroatoms. The number of hydrogen-bond donors (Lipinski definition) is 2. The molecule has 284 valence electrons. The van der Waals surface area contributed by atoms with E-state index >= 15 is 0 Å². The molecule has 0 fully saturated rings. The van der Waals surface area contributed by atoms with Gasteiger partial charge in [-0.2, -0.15) is 4.99 Å². The van der Waals surface area contributed by atoms with Crippen molar-refractivity contribution in [3.63, 3.8) is 0 Å². The predicted octanol–water partition coefficient (Wildman–Crippen LogP) is 4.68. The highest BCUT2D eigenvalue weighted by molar-refractivity contribution is 7.16. The minimum Gasteiger partial charge on any atom is -0.491 e. The second kappa shape index (κ2) is 16.6. The van der Waals surface area contributed by atoms with Gasteiger partial charge in [0.2, 0.25) is 23.4 Å². The van der Waals surface area contributed by atoms with Crippen LogP contribution < -0.4 is 20.6 Å². The number of pyridine rings is 1. The van der Waals surface area contributed by atoms with Gasteiger partial charge in [0.25, 0.3) is 5.91 Å². The van der Waals surface area contributed by atoms with Gasteiger partial charge in [-0.05, 0) is 37.5 Å². The van der Waals surface area contributed by atoms with Gasteiger partial charge in [0.15, 0.2) is 22.2 Å². The third-order valence-electron chi connectivity index (χ3n) is 8.34. The lowest BCUT2D eigenvalue weighted by atomic mass is 10.2. The maximum absolute atomic E-state index is 13.5. The predicted molar refractivity (Wildman–Crippen MR) is 200 cm³/mol. The Morgan fingerprint density at radius 2 is 1.65 bits per heavy atom. The molecule has 0 bridgehead atoms. The molecule has 55 heavy (non-hydrogen) atoms. The lowest BCUT2D eigenvalue weighted by molar-refractivity contribution is -0.108. The van der Waals surface area contributed by atoms with Crippen LogP contribution in [0.1, 0.15) is 91.7 Å². The fourth-order valence-electron chi connectivity index (χ4n) is 5.81. The van der Waals surface area contributed by atoms with Gasteiger partial charge in [-0.3, -0.25) is 29.1 Å². The number of oxazole rings is 2. The second-order valence-electron chi connectivity index (χ2n) is 12.2. The summed E-state index contributed by atoms with van der Waals surface area (Å²) in [6.07, 6.45) is 8.12. The Bertz CT molecular complexity index is 2550. The Labute approximate surface area is 317 Å². The first-order valence-corrected chi connectivity index (χ1v) is 18.2. The number of thiazole rings is 1. The molecule has 3 amide bonds. The van der Waals surface area contributed by atoms with Crippen molar-refractivity contribution >= 4 is 69.0 Å². The first kappa shape index (κ1) is 38.2. The molecular weight excluding hydrogens is 731 g/mol. The quantitative estimate of drug-likeness (QED) is 0.0776. The molecule has 5 heterocycles. The maximum atomic E-state index is 13.5. The third-order valence-corrected chi connectivity index (χ3v) is 9.35. The summed E-state index contributed by atoms with van der Waals surface area (Å²) in [7, 11) is 0. The summed E-state index contributed by atoms with van der Waals surface area (Å²) in [5, 5.41) is 2.83. The number of ether oxygens (including phenoxy) is 1.